The van der Waals surface area contributed by atoms with Crippen molar-refractivity contribution in [2.45, 2.75) is 13.1 Å². The topological polar surface area (TPSA) is 70.2 Å². The lowest BCUT2D eigenvalue weighted by atomic mass is 10.2. The highest BCUT2D eigenvalue weighted by atomic mass is 35.5. The summed E-state index contributed by atoms with van der Waals surface area (Å²) in [6.07, 6.45) is -4.53. The van der Waals surface area contributed by atoms with Crippen LogP contribution >= 0.6 is 11.6 Å². The summed E-state index contributed by atoms with van der Waals surface area (Å²) >= 11 is 5.83. The van der Waals surface area contributed by atoms with E-state index in [1.807, 2.05) is 0 Å². The van der Waals surface area contributed by atoms with Gasteiger partial charge in [-0.25, -0.2) is 0 Å². The average molecular weight is 386 g/mol. The number of carbonyl (C=O) groups excluding carboxylic acids is 2. The summed E-state index contributed by atoms with van der Waals surface area (Å²) in [6.45, 7) is 1.21. The van der Waals surface area contributed by atoms with E-state index in [0.717, 1.165) is 18.2 Å². The Bertz CT molecular complexity index is 808. The molecule has 0 fully saturated rings. The Morgan fingerprint density at radius 1 is 1.00 bits per heavy atom. The smallest absolute Gasteiger partial charge is 0.376 e. The van der Waals surface area contributed by atoms with Gasteiger partial charge in [0.25, 0.3) is 0 Å². The maximum absolute atomic E-state index is 12.7. The summed E-state index contributed by atoms with van der Waals surface area (Å²) in [7, 11) is 0. The second-order valence-electron chi connectivity index (χ2n) is 5.35. The number of carbonyl (C=O) groups is 2. The minimum atomic E-state index is -4.53. The SMILES string of the molecule is CC(=O)Nc1ccc(NCC(=O)Nc2cc(C(F)(F)F)ccc2Cl)cc1. The first-order valence-corrected chi connectivity index (χ1v) is 7.81. The predicted molar refractivity (Wildman–Crippen MR) is 94.3 cm³/mol. The van der Waals surface area contributed by atoms with Gasteiger partial charge in [0.15, 0.2) is 0 Å². The molecule has 0 saturated heterocycles. The molecule has 0 aliphatic heterocycles. The normalized spacial score (nSPS) is 11.0. The summed E-state index contributed by atoms with van der Waals surface area (Å²) in [5, 5.41) is 7.77. The maximum Gasteiger partial charge on any atom is 0.416 e. The number of amides is 2. The molecule has 0 aromatic heterocycles. The number of hydrogen-bond acceptors (Lipinski definition) is 3. The summed E-state index contributed by atoms with van der Waals surface area (Å²) < 4.78 is 38.2. The zero-order valence-corrected chi connectivity index (χ0v) is 14.3. The van der Waals surface area contributed by atoms with E-state index >= 15 is 0 Å². The van der Waals surface area contributed by atoms with E-state index in [0.29, 0.717) is 11.4 Å². The van der Waals surface area contributed by atoms with E-state index in [1.165, 1.54) is 6.92 Å². The van der Waals surface area contributed by atoms with Crippen LogP contribution in [-0.2, 0) is 15.8 Å². The summed E-state index contributed by atoms with van der Waals surface area (Å²) in [5.74, 6) is -0.764. The molecule has 138 valence electrons. The summed E-state index contributed by atoms with van der Waals surface area (Å²) in [6, 6.07) is 9.28. The van der Waals surface area contributed by atoms with Crippen LogP contribution < -0.4 is 16.0 Å². The van der Waals surface area contributed by atoms with Gasteiger partial charge in [-0.2, -0.15) is 13.2 Å². The number of rotatable bonds is 5. The quantitative estimate of drug-likeness (QED) is 0.716. The Morgan fingerprint density at radius 2 is 1.62 bits per heavy atom. The largest absolute Gasteiger partial charge is 0.416 e. The molecule has 0 bridgehead atoms. The molecule has 0 atom stereocenters. The minimum Gasteiger partial charge on any atom is -0.376 e. The van der Waals surface area contributed by atoms with Crippen LogP contribution in [-0.4, -0.2) is 18.4 Å². The molecule has 0 saturated carbocycles. The molecular weight excluding hydrogens is 371 g/mol. The first-order chi connectivity index (χ1) is 12.1. The number of hydrogen-bond donors (Lipinski definition) is 3. The molecule has 2 rings (SSSR count). The first kappa shape index (κ1) is 19.6. The lowest BCUT2D eigenvalue weighted by Gasteiger charge is -2.12. The van der Waals surface area contributed by atoms with Gasteiger partial charge in [-0.05, 0) is 42.5 Å². The number of benzene rings is 2. The van der Waals surface area contributed by atoms with E-state index < -0.39 is 17.6 Å². The van der Waals surface area contributed by atoms with E-state index in [1.54, 1.807) is 24.3 Å². The Hall–Kier alpha value is -2.74. The first-order valence-electron chi connectivity index (χ1n) is 7.43. The van der Waals surface area contributed by atoms with Gasteiger partial charge in [0.2, 0.25) is 11.8 Å². The number of anilines is 3. The molecule has 0 aliphatic carbocycles. The Morgan fingerprint density at radius 3 is 2.19 bits per heavy atom. The molecule has 2 aromatic rings. The molecule has 0 spiro atoms. The lowest BCUT2D eigenvalue weighted by molar-refractivity contribution is -0.137. The zero-order chi connectivity index (χ0) is 19.3. The maximum atomic E-state index is 12.7. The van der Waals surface area contributed by atoms with Gasteiger partial charge >= 0.3 is 6.18 Å². The van der Waals surface area contributed by atoms with Gasteiger partial charge in [0, 0.05) is 18.3 Å². The highest BCUT2D eigenvalue weighted by molar-refractivity contribution is 6.33. The van der Waals surface area contributed by atoms with Crippen LogP contribution in [0.15, 0.2) is 42.5 Å². The molecule has 2 aromatic carbocycles. The van der Waals surface area contributed by atoms with Crippen molar-refractivity contribution in [1.82, 2.24) is 0 Å². The molecule has 0 unspecified atom stereocenters. The Labute approximate surface area is 152 Å². The predicted octanol–water partition coefficient (Wildman–Crippen LogP) is 4.37. The van der Waals surface area contributed by atoms with Gasteiger partial charge in [-0.1, -0.05) is 11.6 Å². The van der Waals surface area contributed by atoms with Crippen LogP contribution in [0.25, 0.3) is 0 Å². The van der Waals surface area contributed by atoms with Gasteiger partial charge in [0.1, 0.15) is 0 Å². The van der Waals surface area contributed by atoms with Crippen LogP contribution in [0, 0.1) is 0 Å². The fourth-order valence-corrected chi connectivity index (χ4v) is 2.21. The third-order valence-corrected chi connectivity index (χ3v) is 3.56. The molecular formula is C17H15ClF3N3O2. The van der Waals surface area contributed by atoms with Crippen molar-refractivity contribution in [2.24, 2.45) is 0 Å². The Kier molecular flexibility index (Phi) is 6.10. The Balaban J connectivity index is 1.96. The van der Waals surface area contributed by atoms with Crippen molar-refractivity contribution in [2.75, 3.05) is 22.5 Å². The summed E-state index contributed by atoms with van der Waals surface area (Å²) in [4.78, 5) is 22.9. The molecule has 3 N–H and O–H groups in total. The lowest BCUT2D eigenvalue weighted by Crippen LogP contribution is -2.22. The molecule has 0 aliphatic rings. The van der Waals surface area contributed by atoms with Crippen molar-refractivity contribution in [3.8, 4) is 0 Å². The third-order valence-electron chi connectivity index (χ3n) is 3.23. The van der Waals surface area contributed by atoms with Crippen molar-refractivity contribution in [1.29, 1.82) is 0 Å². The second-order valence-corrected chi connectivity index (χ2v) is 5.76. The third kappa shape index (κ3) is 5.66. The van der Waals surface area contributed by atoms with Gasteiger partial charge in [-0.3, -0.25) is 9.59 Å². The fourth-order valence-electron chi connectivity index (χ4n) is 2.05. The van der Waals surface area contributed by atoms with Crippen LogP contribution in [0.3, 0.4) is 0 Å². The van der Waals surface area contributed by atoms with Crippen LogP contribution in [0.4, 0.5) is 30.2 Å². The van der Waals surface area contributed by atoms with Crippen LogP contribution in [0.1, 0.15) is 12.5 Å². The second kappa shape index (κ2) is 8.09. The molecule has 9 heteroatoms. The fraction of sp³-hybridized carbons (Fsp3) is 0.176. The summed E-state index contributed by atoms with van der Waals surface area (Å²) in [5.41, 5.74) is 0.181. The zero-order valence-electron chi connectivity index (χ0n) is 13.6. The monoisotopic (exact) mass is 385 g/mol. The molecule has 2 amide bonds. The average Bonchev–Trinajstić information content (AvgIpc) is 2.54. The molecule has 0 radical (unpaired) electrons. The minimum absolute atomic E-state index is 0.00556. The molecule has 26 heavy (non-hydrogen) atoms. The van der Waals surface area contributed by atoms with Gasteiger partial charge < -0.3 is 16.0 Å². The van der Waals surface area contributed by atoms with Gasteiger partial charge in [-0.15, -0.1) is 0 Å². The number of alkyl halides is 3. The highest BCUT2D eigenvalue weighted by Gasteiger charge is 2.31. The number of halogens is 4. The van der Waals surface area contributed by atoms with Gasteiger partial charge in [0.05, 0.1) is 22.8 Å². The molecule has 0 heterocycles. The van der Waals surface area contributed by atoms with Crippen molar-refractivity contribution in [3.05, 3.63) is 53.1 Å². The van der Waals surface area contributed by atoms with Crippen molar-refractivity contribution in [3.63, 3.8) is 0 Å². The highest BCUT2D eigenvalue weighted by Crippen LogP contribution is 2.33. The van der Waals surface area contributed by atoms with E-state index in [-0.39, 0.29) is 23.2 Å². The molecule has 5 nitrogen and oxygen atoms in total. The van der Waals surface area contributed by atoms with E-state index in [4.69, 9.17) is 11.6 Å². The van der Waals surface area contributed by atoms with Crippen LogP contribution in [0.5, 0.6) is 0 Å². The number of nitrogens with one attached hydrogen (secondary N) is 3. The van der Waals surface area contributed by atoms with E-state index in [2.05, 4.69) is 16.0 Å². The standard InChI is InChI=1S/C17H15ClF3N3O2/c1-10(25)23-13-5-3-12(4-6-13)22-9-16(26)24-15-8-11(17(19,20)21)2-7-14(15)18/h2-8,22H,9H2,1H3,(H,23,25)(H,24,26). The van der Waals surface area contributed by atoms with Crippen LogP contribution in [0.2, 0.25) is 5.02 Å². The van der Waals surface area contributed by atoms with E-state index in [9.17, 15) is 22.8 Å². The van der Waals surface area contributed by atoms with Crippen molar-refractivity contribution < 1.29 is 22.8 Å². The van der Waals surface area contributed by atoms with Crippen molar-refractivity contribution >= 4 is 40.5 Å².